The summed E-state index contributed by atoms with van der Waals surface area (Å²) in [4.78, 5) is 13.4. The number of benzene rings is 2. The van der Waals surface area contributed by atoms with Gasteiger partial charge in [0.1, 0.15) is 19.8 Å². The number of phenols is 3. The standard InChI is InChI=1S/C34H53NO16/c1-40-4-7-43-10-13-46-16-19-49-30-22-26(34(39)35-27-24-28(36)32(38)29(37)25-27)23-31(50-20-17-47-14-11-44-8-5-41-2)33(30)51-21-18-48-15-12-45-9-6-42-3/h22-25,36-38H,4-21H2,1-3H3,(H,35,39). The summed E-state index contributed by atoms with van der Waals surface area (Å²) in [6.07, 6.45) is 0. The molecule has 0 atom stereocenters. The molecule has 0 aliphatic carbocycles. The van der Waals surface area contributed by atoms with Crippen LogP contribution >= 0.6 is 0 Å². The van der Waals surface area contributed by atoms with Crippen molar-refractivity contribution in [2.45, 2.75) is 0 Å². The van der Waals surface area contributed by atoms with E-state index in [0.717, 1.165) is 12.1 Å². The number of amides is 1. The van der Waals surface area contributed by atoms with Crippen molar-refractivity contribution in [3.63, 3.8) is 0 Å². The molecule has 0 radical (unpaired) electrons. The van der Waals surface area contributed by atoms with Gasteiger partial charge in [-0.3, -0.25) is 4.79 Å². The SMILES string of the molecule is COCCOCCOCCOc1cc(C(=O)Nc2cc(O)c(O)c(O)c2)cc(OCCOCCOCCOC)c1OCCOCCOCCOC. The molecular weight excluding hydrogens is 678 g/mol. The van der Waals surface area contributed by atoms with Gasteiger partial charge >= 0.3 is 0 Å². The third kappa shape index (κ3) is 19.0. The van der Waals surface area contributed by atoms with E-state index in [0.29, 0.717) is 79.3 Å². The fourth-order valence-corrected chi connectivity index (χ4v) is 3.96. The molecule has 1 amide bonds. The highest BCUT2D eigenvalue weighted by molar-refractivity contribution is 6.05. The monoisotopic (exact) mass is 731 g/mol. The van der Waals surface area contributed by atoms with Crippen molar-refractivity contribution in [2.75, 3.05) is 146 Å². The Morgan fingerprint density at radius 3 is 1.20 bits per heavy atom. The number of phenolic OH excluding ortho intramolecular Hbond substituents is 3. The van der Waals surface area contributed by atoms with Crippen molar-refractivity contribution in [1.29, 1.82) is 0 Å². The minimum atomic E-state index is -0.712. The van der Waals surface area contributed by atoms with E-state index in [1.54, 1.807) is 21.3 Å². The topological polar surface area (TPSA) is 201 Å². The predicted octanol–water partition coefficient (Wildman–Crippen LogP) is 2.23. The van der Waals surface area contributed by atoms with Crippen LogP contribution in [0.15, 0.2) is 24.3 Å². The number of hydrogen-bond acceptors (Lipinski definition) is 16. The molecule has 17 nitrogen and oxygen atoms in total. The number of carbonyl (C=O) groups is 1. The first-order valence-corrected chi connectivity index (χ1v) is 16.5. The Labute approximate surface area is 298 Å². The highest BCUT2D eigenvalue weighted by atomic mass is 16.6. The van der Waals surface area contributed by atoms with Crippen LogP contribution < -0.4 is 19.5 Å². The Balaban J connectivity index is 2.18. The number of rotatable bonds is 32. The van der Waals surface area contributed by atoms with Gasteiger partial charge < -0.3 is 77.5 Å². The normalized spacial score (nSPS) is 11.1. The van der Waals surface area contributed by atoms with Gasteiger partial charge in [0.2, 0.25) is 5.75 Å². The van der Waals surface area contributed by atoms with Crippen molar-refractivity contribution in [1.82, 2.24) is 0 Å². The van der Waals surface area contributed by atoms with Crippen LogP contribution in [0.1, 0.15) is 10.4 Å². The van der Waals surface area contributed by atoms with Crippen molar-refractivity contribution < 1.29 is 77.0 Å². The third-order valence-corrected chi connectivity index (χ3v) is 6.47. The molecule has 290 valence electrons. The maximum Gasteiger partial charge on any atom is 0.255 e. The Morgan fingerprint density at radius 1 is 0.490 bits per heavy atom. The first-order chi connectivity index (χ1) is 24.9. The van der Waals surface area contributed by atoms with Gasteiger partial charge in [-0.05, 0) is 12.1 Å². The molecule has 4 N–H and O–H groups in total. The summed E-state index contributed by atoms with van der Waals surface area (Å²) in [6.45, 7) is 5.95. The van der Waals surface area contributed by atoms with Gasteiger partial charge in [-0.15, -0.1) is 0 Å². The first-order valence-electron chi connectivity index (χ1n) is 16.5. The maximum absolute atomic E-state index is 13.4. The highest BCUT2D eigenvalue weighted by Crippen LogP contribution is 2.40. The lowest BCUT2D eigenvalue weighted by Gasteiger charge is -2.19. The van der Waals surface area contributed by atoms with E-state index in [-0.39, 0.29) is 68.1 Å². The van der Waals surface area contributed by atoms with E-state index in [1.807, 2.05) is 0 Å². The van der Waals surface area contributed by atoms with Crippen LogP contribution in [0.25, 0.3) is 0 Å². The van der Waals surface area contributed by atoms with Gasteiger partial charge in [-0.25, -0.2) is 0 Å². The van der Waals surface area contributed by atoms with Crippen LogP contribution in [0.3, 0.4) is 0 Å². The van der Waals surface area contributed by atoms with Crippen LogP contribution in [0, 0.1) is 0 Å². The summed E-state index contributed by atoms with van der Waals surface area (Å²) in [5, 5.41) is 32.1. The summed E-state index contributed by atoms with van der Waals surface area (Å²) in [7, 11) is 4.79. The minimum absolute atomic E-state index is 0.0312. The highest BCUT2D eigenvalue weighted by Gasteiger charge is 2.20. The second-order valence-corrected chi connectivity index (χ2v) is 10.3. The molecule has 2 aromatic carbocycles. The third-order valence-electron chi connectivity index (χ3n) is 6.47. The van der Waals surface area contributed by atoms with E-state index >= 15 is 0 Å². The maximum atomic E-state index is 13.4. The number of aromatic hydroxyl groups is 3. The summed E-state index contributed by atoms with van der Waals surface area (Å²) >= 11 is 0. The molecule has 0 spiro atoms. The van der Waals surface area contributed by atoms with E-state index in [2.05, 4.69) is 5.32 Å². The van der Waals surface area contributed by atoms with Crippen LogP contribution in [-0.4, -0.2) is 161 Å². The van der Waals surface area contributed by atoms with Gasteiger partial charge in [0.25, 0.3) is 5.91 Å². The zero-order valence-electron chi connectivity index (χ0n) is 29.7. The number of hydrogen-bond donors (Lipinski definition) is 4. The molecule has 17 heteroatoms. The molecule has 0 aliphatic heterocycles. The van der Waals surface area contributed by atoms with E-state index in [1.165, 1.54) is 12.1 Å². The van der Waals surface area contributed by atoms with Crippen LogP contribution in [0.5, 0.6) is 34.5 Å². The summed E-state index contributed by atoms with van der Waals surface area (Å²) in [5.41, 5.74) is 0.132. The second-order valence-electron chi connectivity index (χ2n) is 10.3. The molecule has 0 saturated carbocycles. The van der Waals surface area contributed by atoms with Crippen molar-refractivity contribution in [2.24, 2.45) is 0 Å². The lowest BCUT2D eigenvalue weighted by Crippen LogP contribution is -2.17. The van der Waals surface area contributed by atoms with Crippen molar-refractivity contribution in [3.05, 3.63) is 29.8 Å². The average Bonchev–Trinajstić information content (AvgIpc) is 3.12. The number of carbonyl (C=O) groups excluding carboxylic acids is 1. The predicted molar refractivity (Wildman–Crippen MR) is 183 cm³/mol. The van der Waals surface area contributed by atoms with E-state index < -0.39 is 23.2 Å². The Kier molecular flexibility index (Phi) is 23.9. The molecule has 51 heavy (non-hydrogen) atoms. The van der Waals surface area contributed by atoms with Crippen molar-refractivity contribution >= 4 is 11.6 Å². The molecule has 0 heterocycles. The molecule has 2 rings (SSSR count). The molecule has 0 bridgehead atoms. The largest absolute Gasteiger partial charge is 0.504 e. The number of anilines is 1. The molecular formula is C34H53NO16. The van der Waals surface area contributed by atoms with Crippen LogP contribution in [0.4, 0.5) is 5.69 Å². The quantitative estimate of drug-likeness (QED) is 0.0485. The lowest BCUT2D eigenvalue weighted by molar-refractivity contribution is 0.0146. The smallest absolute Gasteiger partial charge is 0.255 e. The van der Waals surface area contributed by atoms with E-state index in [9.17, 15) is 20.1 Å². The second kappa shape index (κ2) is 28.0. The number of ether oxygens (including phenoxy) is 12. The van der Waals surface area contributed by atoms with E-state index in [4.69, 9.17) is 56.8 Å². The van der Waals surface area contributed by atoms with Crippen molar-refractivity contribution in [3.8, 4) is 34.5 Å². The Bertz CT molecular complexity index is 1150. The summed E-state index contributed by atoms with van der Waals surface area (Å²) in [5.74, 6) is -1.98. The molecule has 0 saturated heterocycles. The fourth-order valence-electron chi connectivity index (χ4n) is 3.96. The Hall–Kier alpha value is -3.65. The average molecular weight is 732 g/mol. The summed E-state index contributed by atoms with van der Waals surface area (Å²) in [6, 6.07) is 5.11. The molecule has 0 aromatic heterocycles. The Morgan fingerprint density at radius 2 is 0.824 bits per heavy atom. The zero-order chi connectivity index (χ0) is 36.9. The zero-order valence-corrected chi connectivity index (χ0v) is 29.7. The van der Waals surface area contributed by atoms with Crippen LogP contribution in [0.2, 0.25) is 0 Å². The molecule has 0 unspecified atom stereocenters. The number of methoxy groups -OCH3 is 3. The fraction of sp³-hybridized carbons (Fsp3) is 0.618. The summed E-state index contributed by atoms with van der Waals surface area (Å²) < 4.78 is 66.0. The molecule has 0 aliphatic rings. The number of nitrogens with one attached hydrogen (secondary N) is 1. The molecule has 2 aromatic rings. The van der Waals surface area contributed by atoms with Gasteiger partial charge in [-0.1, -0.05) is 0 Å². The molecule has 0 fully saturated rings. The van der Waals surface area contributed by atoms with Gasteiger partial charge in [-0.2, -0.15) is 0 Å². The first kappa shape index (κ1) is 43.5. The van der Waals surface area contributed by atoms with Gasteiger partial charge in [0.15, 0.2) is 28.7 Å². The van der Waals surface area contributed by atoms with Crippen LogP contribution in [-0.2, 0) is 42.6 Å². The lowest BCUT2D eigenvalue weighted by atomic mass is 10.1. The van der Waals surface area contributed by atoms with Gasteiger partial charge in [0.05, 0.1) is 99.1 Å². The minimum Gasteiger partial charge on any atom is -0.504 e. The van der Waals surface area contributed by atoms with Gasteiger partial charge in [0, 0.05) is 44.7 Å².